The van der Waals surface area contributed by atoms with E-state index in [1.807, 2.05) is 0 Å². The molecule has 1 heterocycles. The van der Waals surface area contributed by atoms with E-state index in [0.717, 1.165) is 19.3 Å². The minimum absolute atomic E-state index is 0.0111. The summed E-state index contributed by atoms with van der Waals surface area (Å²) in [6.07, 6.45) is 2.98. The highest BCUT2D eigenvalue weighted by Gasteiger charge is 2.37. The zero-order chi connectivity index (χ0) is 18.4. The van der Waals surface area contributed by atoms with Crippen LogP contribution in [0.5, 0.6) is 5.75 Å². The van der Waals surface area contributed by atoms with Crippen LogP contribution in [-0.2, 0) is 14.8 Å². The van der Waals surface area contributed by atoms with Crippen LogP contribution in [0, 0.1) is 11.8 Å². The first-order valence-corrected chi connectivity index (χ1v) is 10.3. The number of carbonyl (C=O) groups is 1. The van der Waals surface area contributed by atoms with Crippen molar-refractivity contribution in [3.05, 3.63) is 17.2 Å². The highest BCUT2D eigenvalue weighted by atomic mass is 35.5. The van der Waals surface area contributed by atoms with Crippen LogP contribution in [0.25, 0.3) is 0 Å². The number of benzene rings is 1. The first-order chi connectivity index (χ1) is 11.7. The predicted molar refractivity (Wildman–Crippen MR) is 96.5 cm³/mol. The van der Waals surface area contributed by atoms with Crippen LogP contribution in [0.2, 0.25) is 5.02 Å². The van der Waals surface area contributed by atoms with Gasteiger partial charge in [-0.15, -0.1) is 0 Å². The number of rotatable bonds is 3. The fraction of sp³-hybridized carbons (Fsp3) is 0.588. The lowest BCUT2D eigenvalue weighted by Crippen LogP contribution is -2.45. The van der Waals surface area contributed by atoms with Crippen LogP contribution in [0.3, 0.4) is 0 Å². The van der Waals surface area contributed by atoms with E-state index < -0.39 is 10.0 Å². The van der Waals surface area contributed by atoms with Crippen LogP contribution in [-0.4, -0.2) is 38.3 Å². The predicted octanol–water partition coefficient (Wildman–Crippen LogP) is 3.12. The van der Waals surface area contributed by atoms with Crippen molar-refractivity contribution in [2.24, 2.45) is 11.8 Å². The van der Waals surface area contributed by atoms with E-state index >= 15 is 0 Å². The molecule has 0 spiro atoms. The lowest BCUT2D eigenvalue weighted by atomic mass is 9.78. The van der Waals surface area contributed by atoms with Gasteiger partial charge >= 0.3 is 0 Å². The van der Waals surface area contributed by atoms with Gasteiger partial charge in [0.05, 0.1) is 10.7 Å². The van der Waals surface area contributed by atoms with Gasteiger partial charge in [-0.1, -0.05) is 38.3 Å². The van der Waals surface area contributed by atoms with E-state index in [-0.39, 0.29) is 34.4 Å². The molecule has 138 valence electrons. The SMILES string of the molecule is CC1CCCC(N(C)S(=O)(=O)c2cc3c(cc2Cl)NC(=O)CO3)C1C. The molecule has 8 heteroatoms. The normalized spacial score (nSPS) is 26.8. The summed E-state index contributed by atoms with van der Waals surface area (Å²) in [7, 11) is -2.15. The quantitative estimate of drug-likeness (QED) is 0.865. The number of ether oxygens (including phenoxy) is 1. The Kier molecular flexibility index (Phi) is 5.01. The van der Waals surface area contributed by atoms with Crippen molar-refractivity contribution in [1.82, 2.24) is 4.31 Å². The monoisotopic (exact) mass is 386 g/mol. The molecule has 1 fully saturated rings. The number of sulfonamides is 1. The molecular formula is C17H23ClN2O4S. The summed E-state index contributed by atoms with van der Waals surface area (Å²) in [5.41, 5.74) is 0.391. The molecule has 0 radical (unpaired) electrons. The molecule has 1 saturated carbocycles. The summed E-state index contributed by atoms with van der Waals surface area (Å²) in [6, 6.07) is 2.78. The van der Waals surface area contributed by atoms with Crippen LogP contribution < -0.4 is 10.1 Å². The minimum Gasteiger partial charge on any atom is -0.482 e. The molecule has 1 amide bonds. The van der Waals surface area contributed by atoms with E-state index in [2.05, 4.69) is 19.2 Å². The average Bonchev–Trinajstić information content (AvgIpc) is 2.55. The van der Waals surface area contributed by atoms with Crippen LogP contribution >= 0.6 is 11.6 Å². The Morgan fingerprint density at radius 1 is 1.28 bits per heavy atom. The molecule has 6 nitrogen and oxygen atoms in total. The molecule has 2 aliphatic rings. The van der Waals surface area contributed by atoms with Gasteiger partial charge in [0.15, 0.2) is 6.61 Å². The number of carbonyl (C=O) groups excluding carboxylic acids is 1. The van der Waals surface area contributed by atoms with Crippen LogP contribution in [0.1, 0.15) is 33.1 Å². The summed E-state index contributed by atoms with van der Waals surface area (Å²) in [5.74, 6) is 0.789. The topological polar surface area (TPSA) is 75.7 Å². The summed E-state index contributed by atoms with van der Waals surface area (Å²) in [4.78, 5) is 11.4. The number of hydrogen-bond acceptors (Lipinski definition) is 4. The van der Waals surface area contributed by atoms with E-state index in [0.29, 0.717) is 17.4 Å². The second-order valence-electron chi connectivity index (χ2n) is 6.97. The van der Waals surface area contributed by atoms with Gasteiger partial charge in [-0.05, 0) is 24.3 Å². The number of anilines is 1. The largest absolute Gasteiger partial charge is 0.482 e. The second-order valence-corrected chi connectivity index (χ2v) is 9.34. The van der Waals surface area contributed by atoms with Crippen molar-refractivity contribution in [2.75, 3.05) is 19.0 Å². The van der Waals surface area contributed by atoms with Crippen molar-refractivity contribution in [2.45, 2.75) is 44.0 Å². The third kappa shape index (κ3) is 3.37. The van der Waals surface area contributed by atoms with E-state index in [1.165, 1.54) is 16.4 Å². The van der Waals surface area contributed by atoms with Gasteiger partial charge < -0.3 is 10.1 Å². The third-order valence-corrected chi connectivity index (χ3v) is 7.80. The molecule has 0 aromatic heterocycles. The maximum absolute atomic E-state index is 13.2. The van der Waals surface area contributed by atoms with Gasteiger partial charge in [-0.3, -0.25) is 4.79 Å². The van der Waals surface area contributed by atoms with E-state index in [1.54, 1.807) is 7.05 Å². The molecule has 25 heavy (non-hydrogen) atoms. The van der Waals surface area contributed by atoms with E-state index in [9.17, 15) is 13.2 Å². The van der Waals surface area contributed by atoms with Gasteiger partial charge in [0.1, 0.15) is 10.6 Å². The molecular weight excluding hydrogens is 364 g/mol. The molecule has 1 aliphatic carbocycles. The lowest BCUT2D eigenvalue weighted by molar-refractivity contribution is -0.118. The number of fused-ring (bicyclic) bond motifs is 1. The Balaban J connectivity index is 1.95. The molecule has 1 aromatic rings. The van der Waals surface area contributed by atoms with Crippen molar-refractivity contribution in [3.8, 4) is 5.75 Å². The van der Waals surface area contributed by atoms with Crippen molar-refractivity contribution in [1.29, 1.82) is 0 Å². The molecule has 1 aliphatic heterocycles. The van der Waals surface area contributed by atoms with Crippen LogP contribution in [0.4, 0.5) is 5.69 Å². The molecule has 3 unspecified atom stereocenters. The molecule has 3 rings (SSSR count). The highest BCUT2D eigenvalue weighted by molar-refractivity contribution is 7.89. The first-order valence-electron chi connectivity index (χ1n) is 8.46. The second kappa shape index (κ2) is 6.78. The van der Waals surface area contributed by atoms with Gasteiger partial charge in [0, 0.05) is 19.2 Å². The van der Waals surface area contributed by atoms with Crippen molar-refractivity contribution >= 4 is 33.2 Å². The Hall–Kier alpha value is -1.31. The summed E-state index contributed by atoms with van der Waals surface area (Å²) >= 11 is 6.23. The zero-order valence-corrected chi connectivity index (χ0v) is 16.2. The van der Waals surface area contributed by atoms with Gasteiger partial charge in [0.2, 0.25) is 10.0 Å². The maximum Gasteiger partial charge on any atom is 0.262 e. The molecule has 1 aromatic carbocycles. The molecule has 1 N–H and O–H groups in total. The fourth-order valence-corrected chi connectivity index (χ4v) is 5.66. The lowest BCUT2D eigenvalue weighted by Gasteiger charge is -2.39. The number of nitrogens with zero attached hydrogens (tertiary/aromatic N) is 1. The van der Waals surface area contributed by atoms with Gasteiger partial charge in [-0.25, -0.2) is 8.42 Å². The van der Waals surface area contributed by atoms with Crippen LogP contribution in [0.15, 0.2) is 17.0 Å². The summed E-state index contributed by atoms with van der Waals surface area (Å²) in [5, 5.41) is 2.70. The Labute approximate surface area is 153 Å². The minimum atomic E-state index is -3.76. The molecule has 0 bridgehead atoms. The fourth-order valence-electron chi connectivity index (χ4n) is 3.68. The Bertz CT molecular complexity index is 796. The number of amides is 1. The molecule has 3 atom stereocenters. The third-order valence-electron chi connectivity index (χ3n) is 5.45. The van der Waals surface area contributed by atoms with Crippen molar-refractivity contribution < 1.29 is 17.9 Å². The smallest absolute Gasteiger partial charge is 0.262 e. The Morgan fingerprint density at radius 3 is 2.72 bits per heavy atom. The van der Waals surface area contributed by atoms with E-state index in [4.69, 9.17) is 16.3 Å². The zero-order valence-electron chi connectivity index (χ0n) is 14.6. The maximum atomic E-state index is 13.2. The average molecular weight is 387 g/mol. The molecule has 0 saturated heterocycles. The number of nitrogens with one attached hydrogen (secondary N) is 1. The summed E-state index contributed by atoms with van der Waals surface area (Å²) in [6.45, 7) is 4.13. The Morgan fingerprint density at radius 2 is 2.00 bits per heavy atom. The summed E-state index contributed by atoms with van der Waals surface area (Å²) < 4.78 is 33.1. The standard InChI is InChI=1S/C17H23ClN2O4S/c1-10-5-4-6-14(11(10)2)20(3)25(22,23)16-8-15-13(7-12(16)18)19-17(21)9-24-15/h7-8,10-11,14H,4-6,9H2,1-3H3,(H,19,21). The number of hydrogen-bond donors (Lipinski definition) is 1. The van der Waals surface area contributed by atoms with Gasteiger partial charge in [0.25, 0.3) is 5.91 Å². The highest BCUT2D eigenvalue weighted by Crippen LogP contribution is 2.39. The van der Waals surface area contributed by atoms with Crippen molar-refractivity contribution in [3.63, 3.8) is 0 Å². The number of halogens is 1. The first kappa shape index (κ1) is 18.5. The van der Waals surface area contributed by atoms with Gasteiger partial charge in [-0.2, -0.15) is 4.31 Å².